The first kappa shape index (κ1) is 30.6. The molecular formula is C29H39FN4O6S. The lowest BCUT2D eigenvalue weighted by Crippen LogP contribution is -2.52. The molecule has 3 atom stereocenters. The zero-order valence-electron chi connectivity index (χ0n) is 23.7. The normalized spacial score (nSPS) is 20.7. The fraction of sp³-hybridized carbons (Fsp3) is 0.517. The van der Waals surface area contributed by atoms with Crippen molar-refractivity contribution < 1.29 is 32.2 Å². The second-order valence-corrected chi connectivity index (χ2v) is 12.7. The molecule has 1 heterocycles. The number of amides is 3. The van der Waals surface area contributed by atoms with E-state index in [2.05, 4.69) is 10.0 Å². The van der Waals surface area contributed by atoms with E-state index in [4.69, 9.17) is 4.74 Å². The second kappa shape index (κ2) is 13.1. The molecule has 0 bridgehead atoms. The van der Waals surface area contributed by atoms with Crippen molar-refractivity contribution in [2.75, 3.05) is 31.5 Å². The summed E-state index contributed by atoms with van der Waals surface area (Å²) >= 11 is 0. The van der Waals surface area contributed by atoms with Crippen LogP contribution in [-0.4, -0.2) is 80.2 Å². The number of aliphatic hydroxyl groups is 1. The van der Waals surface area contributed by atoms with E-state index in [0.29, 0.717) is 0 Å². The minimum absolute atomic E-state index is 0.121. The Morgan fingerprint density at radius 3 is 2.51 bits per heavy atom. The number of halogens is 1. The minimum atomic E-state index is -4.06. The number of carbonyl (C=O) groups is 2. The molecule has 0 radical (unpaired) electrons. The molecule has 0 aromatic heterocycles. The lowest BCUT2D eigenvalue weighted by Gasteiger charge is -2.38. The summed E-state index contributed by atoms with van der Waals surface area (Å²) in [6.45, 7) is 3.91. The number of aliphatic hydroxyl groups excluding tert-OH is 1. The molecule has 0 spiro atoms. The third-order valence-corrected chi connectivity index (χ3v) is 9.17. The molecule has 4 rings (SSSR count). The van der Waals surface area contributed by atoms with E-state index in [0.717, 1.165) is 49.9 Å². The molecule has 224 valence electrons. The van der Waals surface area contributed by atoms with Crippen LogP contribution in [0.1, 0.15) is 56.3 Å². The van der Waals surface area contributed by atoms with E-state index in [1.54, 1.807) is 23.8 Å². The predicted molar refractivity (Wildman–Crippen MR) is 153 cm³/mol. The first-order valence-electron chi connectivity index (χ1n) is 14.0. The van der Waals surface area contributed by atoms with E-state index in [9.17, 15) is 27.5 Å². The van der Waals surface area contributed by atoms with Crippen LogP contribution in [0.15, 0.2) is 47.4 Å². The van der Waals surface area contributed by atoms with E-state index < -0.39 is 33.9 Å². The van der Waals surface area contributed by atoms with Gasteiger partial charge in [-0.05, 0) is 62.2 Å². The van der Waals surface area contributed by atoms with E-state index in [1.807, 2.05) is 6.92 Å². The highest BCUT2D eigenvalue weighted by Gasteiger charge is 2.34. The summed E-state index contributed by atoms with van der Waals surface area (Å²) in [5.74, 6) is -0.931. The minimum Gasteiger partial charge on any atom is -0.487 e. The number of carbonyl (C=O) groups excluding carboxylic acids is 2. The number of nitrogens with one attached hydrogen (secondary N) is 2. The Balaban J connectivity index is 1.59. The largest absolute Gasteiger partial charge is 0.487 e. The third kappa shape index (κ3) is 7.48. The lowest BCUT2D eigenvalue weighted by atomic mass is 9.96. The molecule has 1 aliphatic carbocycles. The summed E-state index contributed by atoms with van der Waals surface area (Å²) in [5.41, 5.74) is 0.242. The first-order valence-corrected chi connectivity index (χ1v) is 15.5. The smallest absolute Gasteiger partial charge is 0.317 e. The van der Waals surface area contributed by atoms with Gasteiger partial charge in [-0.3, -0.25) is 9.52 Å². The molecule has 3 amide bonds. The highest BCUT2D eigenvalue weighted by molar-refractivity contribution is 7.92. The lowest BCUT2D eigenvalue weighted by molar-refractivity contribution is 0.0366. The van der Waals surface area contributed by atoms with Crippen LogP contribution < -0.4 is 14.8 Å². The quantitative estimate of drug-likeness (QED) is 0.429. The Bertz CT molecular complexity index is 1330. The number of ether oxygens (including phenoxy) is 1. The van der Waals surface area contributed by atoms with Crippen LogP contribution in [0.3, 0.4) is 0 Å². The highest BCUT2D eigenvalue weighted by Crippen LogP contribution is 2.31. The summed E-state index contributed by atoms with van der Waals surface area (Å²) in [6.07, 6.45) is 4.83. The Morgan fingerprint density at radius 2 is 1.85 bits per heavy atom. The van der Waals surface area contributed by atoms with Crippen LogP contribution in [0, 0.1) is 11.7 Å². The maximum absolute atomic E-state index is 13.7. The number of nitrogens with zero attached hydrogens (tertiary/aromatic N) is 2. The zero-order chi connectivity index (χ0) is 29.7. The maximum Gasteiger partial charge on any atom is 0.317 e. The molecule has 2 aromatic rings. The van der Waals surface area contributed by atoms with Crippen LogP contribution >= 0.6 is 0 Å². The summed E-state index contributed by atoms with van der Waals surface area (Å²) in [4.78, 5) is 29.6. The van der Waals surface area contributed by atoms with Gasteiger partial charge in [-0.2, -0.15) is 0 Å². The van der Waals surface area contributed by atoms with Crippen LogP contribution in [0.25, 0.3) is 0 Å². The molecule has 2 aromatic carbocycles. The van der Waals surface area contributed by atoms with Crippen molar-refractivity contribution in [2.24, 2.45) is 5.92 Å². The number of hydrogen-bond acceptors (Lipinski definition) is 6. The zero-order valence-corrected chi connectivity index (χ0v) is 24.5. The molecule has 3 unspecified atom stereocenters. The Labute approximate surface area is 240 Å². The van der Waals surface area contributed by atoms with Gasteiger partial charge in [0.1, 0.15) is 17.7 Å². The molecular weight excluding hydrogens is 551 g/mol. The fourth-order valence-electron chi connectivity index (χ4n) is 5.22. The third-order valence-electron chi connectivity index (χ3n) is 7.77. The van der Waals surface area contributed by atoms with E-state index >= 15 is 0 Å². The molecule has 41 heavy (non-hydrogen) atoms. The van der Waals surface area contributed by atoms with Crippen molar-refractivity contribution in [1.29, 1.82) is 0 Å². The Kier molecular flexibility index (Phi) is 9.75. The number of rotatable bonds is 8. The van der Waals surface area contributed by atoms with Gasteiger partial charge < -0.3 is 25.0 Å². The van der Waals surface area contributed by atoms with E-state index in [-0.39, 0.29) is 59.6 Å². The Hall–Kier alpha value is -3.38. The summed E-state index contributed by atoms with van der Waals surface area (Å²) in [6, 6.07) is 8.26. The maximum atomic E-state index is 13.7. The molecule has 2 aliphatic rings. The predicted octanol–water partition coefficient (Wildman–Crippen LogP) is 3.82. The molecule has 1 aliphatic heterocycles. The SMILES string of the molecule is CC1CN(C(C)CO)C(=O)c2cc(NS(=O)(=O)c3ccc(F)cc3)ccc2OC1CN(C)C(=O)NC1CCCCC1. The van der Waals surface area contributed by atoms with Crippen molar-refractivity contribution >= 4 is 27.6 Å². The van der Waals surface area contributed by atoms with Crippen LogP contribution in [0.2, 0.25) is 0 Å². The van der Waals surface area contributed by atoms with Gasteiger partial charge in [0, 0.05) is 31.2 Å². The van der Waals surface area contributed by atoms with Crippen molar-refractivity contribution in [3.8, 4) is 5.75 Å². The average molecular weight is 591 g/mol. The molecule has 1 saturated carbocycles. The van der Waals surface area contributed by atoms with Crippen LogP contribution in [0.5, 0.6) is 5.75 Å². The first-order chi connectivity index (χ1) is 19.5. The number of fused-ring (bicyclic) bond motifs is 1. The van der Waals surface area contributed by atoms with Crippen molar-refractivity contribution in [2.45, 2.75) is 69.0 Å². The summed E-state index contributed by atoms with van der Waals surface area (Å²) < 4.78 is 47.9. The van der Waals surface area contributed by atoms with Gasteiger partial charge in [-0.15, -0.1) is 0 Å². The topological polar surface area (TPSA) is 128 Å². The monoisotopic (exact) mass is 590 g/mol. The summed E-state index contributed by atoms with van der Waals surface area (Å²) in [7, 11) is -2.35. The van der Waals surface area contributed by atoms with Gasteiger partial charge in [-0.25, -0.2) is 17.6 Å². The number of sulfonamides is 1. The number of benzene rings is 2. The Morgan fingerprint density at radius 1 is 1.17 bits per heavy atom. The molecule has 12 heteroatoms. The van der Waals surface area contributed by atoms with Crippen molar-refractivity contribution in [1.82, 2.24) is 15.1 Å². The molecule has 10 nitrogen and oxygen atoms in total. The van der Waals surface area contributed by atoms with Gasteiger partial charge in [0.2, 0.25) is 0 Å². The van der Waals surface area contributed by atoms with Crippen molar-refractivity contribution in [3.63, 3.8) is 0 Å². The number of hydrogen-bond donors (Lipinski definition) is 3. The van der Waals surface area contributed by atoms with Gasteiger partial charge >= 0.3 is 6.03 Å². The van der Waals surface area contributed by atoms with Gasteiger partial charge in [-0.1, -0.05) is 26.2 Å². The molecule has 0 saturated heterocycles. The molecule has 1 fully saturated rings. The number of likely N-dealkylation sites (N-methyl/N-ethyl adjacent to an activating group) is 1. The molecule has 3 N–H and O–H groups in total. The number of anilines is 1. The van der Waals surface area contributed by atoms with Gasteiger partial charge in [0.05, 0.1) is 29.7 Å². The van der Waals surface area contributed by atoms with Crippen molar-refractivity contribution in [3.05, 3.63) is 53.8 Å². The average Bonchev–Trinajstić information content (AvgIpc) is 2.95. The fourth-order valence-corrected chi connectivity index (χ4v) is 6.27. The summed E-state index contributed by atoms with van der Waals surface area (Å²) in [5, 5.41) is 13.0. The van der Waals surface area contributed by atoms with Gasteiger partial charge in [0.25, 0.3) is 15.9 Å². The van der Waals surface area contributed by atoms with Crippen LogP contribution in [0.4, 0.5) is 14.9 Å². The van der Waals surface area contributed by atoms with E-state index in [1.165, 1.54) is 24.6 Å². The standard InChI is InChI=1S/C29H39FN4O6S/c1-19-16-34(20(2)18-35)28(36)25-15-23(32-41(38,39)24-12-9-21(30)10-13-24)11-14-26(25)40-27(19)17-33(3)29(37)31-22-7-5-4-6-8-22/h9-15,19-20,22,27,32,35H,4-8,16-18H2,1-3H3,(H,31,37). The highest BCUT2D eigenvalue weighted by atomic mass is 32.2. The van der Waals surface area contributed by atoms with Gasteiger partial charge in [0.15, 0.2) is 0 Å². The number of urea groups is 1. The van der Waals surface area contributed by atoms with Crippen LogP contribution in [-0.2, 0) is 10.0 Å². The second-order valence-electron chi connectivity index (χ2n) is 11.1.